The molecule has 2 heterocycles. The van der Waals surface area contributed by atoms with Crippen LogP contribution >= 0.6 is 0 Å². The maximum absolute atomic E-state index is 13.1. The van der Waals surface area contributed by atoms with Crippen molar-refractivity contribution < 1.29 is 19.1 Å². The average molecular weight is 314 g/mol. The van der Waals surface area contributed by atoms with Crippen molar-refractivity contribution >= 4 is 11.9 Å². The summed E-state index contributed by atoms with van der Waals surface area (Å²) in [7, 11) is 0. The lowest BCUT2D eigenvalue weighted by Gasteiger charge is -2.16. The third-order valence-corrected chi connectivity index (χ3v) is 4.15. The largest absolute Gasteiger partial charge is 0.481 e. The Morgan fingerprint density at radius 2 is 1.74 bits per heavy atom. The highest BCUT2D eigenvalue weighted by atomic mass is 19.1. The Morgan fingerprint density at radius 3 is 2.35 bits per heavy atom. The molecule has 1 N–H and O–H groups in total. The van der Waals surface area contributed by atoms with Crippen LogP contribution in [0.15, 0.2) is 48.8 Å². The number of carbonyl (C=O) groups is 2. The molecule has 2 atom stereocenters. The van der Waals surface area contributed by atoms with E-state index >= 15 is 0 Å². The molecular weight excluding hydrogens is 299 g/mol. The molecule has 1 amide bonds. The van der Waals surface area contributed by atoms with Crippen LogP contribution in [-0.4, -0.2) is 40.0 Å². The maximum Gasteiger partial charge on any atom is 0.308 e. The van der Waals surface area contributed by atoms with E-state index in [-0.39, 0.29) is 24.2 Å². The second-order valence-electron chi connectivity index (χ2n) is 5.55. The number of likely N-dealkylation sites (tertiary alicyclic amines) is 1. The van der Waals surface area contributed by atoms with E-state index in [1.54, 1.807) is 24.3 Å². The van der Waals surface area contributed by atoms with Crippen molar-refractivity contribution in [3.63, 3.8) is 0 Å². The van der Waals surface area contributed by atoms with Crippen molar-refractivity contribution in [3.05, 3.63) is 65.7 Å². The Bertz CT molecular complexity index is 718. The molecule has 0 spiro atoms. The van der Waals surface area contributed by atoms with Gasteiger partial charge in [0.1, 0.15) is 5.82 Å². The molecule has 1 aliphatic heterocycles. The van der Waals surface area contributed by atoms with Gasteiger partial charge in [-0.25, -0.2) is 4.39 Å². The van der Waals surface area contributed by atoms with Gasteiger partial charge in [-0.05, 0) is 29.8 Å². The molecule has 1 aromatic carbocycles. The van der Waals surface area contributed by atoms with E-state index in [0.717, 1.165) is 5.56 Å². The minimum absolute atomic E-state index is 0.137. The number of benzene rings is 1. The first-order valence-electron chi connectivity index (χ1n) is 7.24. The van der Waals surface area contributed by atoms with E-state index < -0.39 is 11.9 Å². The van der Waals surface area contributed by atoms with Gasteiger partial charge < -0.3 is 10.0 Å². The Hall–Kier alpha value is -2.76. The fourth-order valence-corrected chi connectivity index (χ4v) is 2.94. The lowest BCUT2D eigenvalue weighted by molar-refractivity contribution is -0.141. The van der Waals surface area contributed by atoms with Crippen molar-refractivity contribution in [1.29, 1.82) is 0 Å². The van der Waals surface area contributed by atoms with Crippen molar-refractivity contribution in [2.45, 2.75) is 5.92 Å². The third-order valence-electron chi connectivity index (χ3n) is 4.15. The summed E-state index contributed by atoms with van der Waals surface area (Å²) in [5.74, 6) is -2.60. The number of hydrogen-bond acceptors (Lipinski definition) is 3. The molecule has 1 aromatic heterocycles. The van der Waals surface area contributed by atoms with E-state index in [0.29, 0.717) is 12.1 Å². The molecule has 0 bridgehead atoms. The van der Waals surface area contributed by atoms with E-state index in [1.807, 2.05) is 0 Å². The molecule has 23 heavy (non-hydrogen) atoms. The molecule has 2 aromatic rings. The van der Waals surface area contributed by atoms with Gasteiger partial charge in [0.2, 0.25) is 0 Å². The van der Waals surface area contributed by atoms with Crippen LogP contribution in [0.1, 0.15) is 21.8 Å². The van der Waals surface area contributed by atoms with Crippen molar-refractivity contribution in [1.82, 2.24) is 9.88 Å². The van der Waals surface area contributed by atoms with E-state index in [9.17, 15) is 19.1 Å². The van der Waals surface area contributed by atoms with Crippen molar-refractivity contribution in [3.8, 4) is 0 Å². The molecule has 6 heteroatoms. The van der Waals surface area contributed by atoms with Crippen LogP contribution < -0.4 is 0 Å². The molecule has 1 aliphatic rings. The summed E-state index contributed by atoms with van der Waals surface area (Å²) in [5, 5.41) is 9.45. The van der Waals surface area contributed by atoms with Crippen molar-refractivity contribution in [2.24, 2.45) is 5.92 Å². The number of carbonyl (C=O) groups excluding carboxylic acids is 1. The second-order valence-corrected chi connectivity index (χ2v) is 5.55. The van der Waals surface area contributed by atoms with Gasteiger partial charge in [0.05, 0.1) is 5.92 Å². The van der Waals surface area contributed by atoms with Crippen LogP contribution in [-0.2, 0) is 4.79 Å². The predicted octanol–water partition coefficient (Wildman–Crippen LogP) is 2.16. The molecular formula is C17H15FN2O3. The van der Waals surface area contributed by atoms with E-state index in [4.69, 9.17) is 0 Å². The average Bonchev–Trinajstić information content (AvgIpc) is 3.01. The van der Waals surface area contributed by atoms with Crippen molar-refractivity contribution in [2.75, 3.05) is 13.1 Å². The minimum atomic E-state index is -0.954. The molecule has 1 fully saturated rings. The molecule has 118 valence electrons. The lowest BCUT2D eigenvalue weighted by Crippen LogP contribution is -2.29. The monoisotopic (exact) mass is 314 g/mol. The molecule has 0 saturated carbocycles. The Labute approximate surface area is 132 Å². The molecule has 1 saturated heterocycles. The summed E-state index contributed by atoms with van der Waals surface area (Å²) in [5.41, 5.74) is 1.20. The molecule has 3 rings (SSSR count). The first-order chi connectivity index (χ1) is 11.1. The Balaban J connectivity index is 1.85. The Kier molecular flexibility index (Phi) is 4.06. The van der Waals surface area contributed by atoms with Gasteiger partial charge in [0.15, 0.2) is 0 Å². The summed E-state index contributed by atoms with van der Waals surface area (Å²) in [6.45, 7) is 0.433. The van der Waals surface area contributed by atoms with Gasteiger partial charge in [-0.2, -0.15) is 0 Å². The number of amides is 1. The highest BCUT2D eigenvalue weighted by Gasteiger charge is 2.40. The first kappa shape index (κ1) is 15.1. The number of pyridine rings is 1. The van der Waals surface area contributed by atoms with Crippen LogP contribution in [0.3, 0.4) is 0 Å². The van der Waals surface area contributed by atoms with Gasteiger partial charge in [-0.15, -0.1) is 0 Å². The summed E-state index contributed by atoms with van der Waals surface area (Å²) in [6.07, 6.45) is 3.05. The summed E-state index contributed by atoms with van der Waals surface area (Å²) in [4.78, 5) is 29.4. The maximum atomic E-state index is 13.1. The molecule has 0 aliphatic carbocycles. The first-order valence-corrected chi connectivity index (χ1v) is 7.24. The highest BCUT2D eigenvalue weighted by molar-refractivity contribution is 5.94. The normalized spacial score (nSPS) is 20.5. The number of carboxylic acids is 1. The number of hydrogen-bond donors (Lipinski definition) is 1. The fourth-order valence-electron chi connectivity index (χ4n) is 2.94. The van der Waals surface area contributed by atoms with Gasteiger partial charge in [-0.1, -0.05) is 12.1 Å². The number of halogens is 1. The van der Waals surface area contributed by atoms with Crippen LogP contribution in [0.5, 0.6) is 0 Å². The molecule has 0 radical (unpaired) electrons. The quantitative estimate of drug-likeness (QED) is 0.942. The zero-order chi connectivity index (χ0) is 16.4. The van der Waals surface area contributed by atoms with E-state index in [2.05, 4.69) is 4.98 Å². The lowest BCUT2D eigenvalue weighted by atomic mass is 9.89. The minimum Gasteiger partial charge on any atom is -0.481 e. The smallest absolute Gasteiger partial charge is 0.308 e. The van der Waals surface area contributed by atoms with Gasteiger partial charge in [-0.3, -0.25) is 14.6 Å². The number of aromatic nitrogens is 1. The third kappa shape index (κ3) is 3.06. The summed E-state index contributed by atoms with van der Waals surface area (Å²) >= 11 is 0. The van der Waals surface area contributed by atoms with Crippen LogP contribution in [0.2, 0.25) is 0 Å². The van der Waals surface area contributed by atoms with Gasteiger partial charge in [0, 0.05) is 37.0 Å². The summed E-state index contributed by atoms with van der Waals surface area (Å²) in [6, 6.07) is 8.97. The Morgan fingerprint density at radius 1 is 1.09 bits per heavy atom. The fraction of sp³-hybridized carbons (Fsp3) is 0.235. The zero-order valence-corrected chi connectivity index (χ0v) is 12.2. The number of aliphatic carboxylic acids is 1. The number of carboxylic acid groups (broad SMARTS) is 1. The second kappa shape index (κ2) is 6.16. The topological polar surface area (TPSA) is 70.5 Å². The van der Waals surface area contributed by atoms with Crippen LogP contribution in [0, 0.1) is 11.7 Å². The standard InChI is InChI=1S/C17H15FN2O3/c18-13-3-1-11(2-4-13)14-9-20(10-15(14)17(22)23)16(21)12-5-7-19-8-6-12/h1-8,14-15H,9-10H2,(H,22,23)/t14-,15+/m1/s1. The van der Waals surface area contributed by atoms with E-state index in [1.165, 1.54) is 29.4 Å². The summed E-state index contributed by atoms with van der Waals surface area (Å²) < 4.78 is 13.1. The highest BCUT2D eigenvalue weighted by Crippen LogP contribution is 2.33. The van der Waals surface area contributed by atoms with Gasteiger partial charge >= 0.3 is 5.97 Å². The SMILES string of the molecule is O=C(O)[C@H]1CN(C(=O)c2ccncc2)C[C@@H]1c1ccc(F)cc1. The van der Waals surface area contributed by atoms with Crippen LogP contribution in [0.25, 0.3) is 0 Å². The predicted molar refractivity (Wildman–Crippen MR) is 80.4 cm³/mol. The molecule has 5 nitrogen and oxygen atoms in total. The number of rotatable bonds is 3. The van der Waals surface area contributed by atoms with Crippen LogP contribution in [0.4, 0.5) is 4.39 Å². The van der Waals surface area contributed by atoms with Gasteiger partial charge in [0.25, 0.3) is 5.91 Å². The molecule has 0 unspecified atom stereocenters. The number of nitrogens with zero attached hydrogens (tertiary/aromatic N) is 2. The zero-order valence-electron chi connectivity index (χ0n) is 12.2.